The van der Waals surface area contributed by atoms with Crippen molar-refractivity contribution < 1.29 is 21.9 Å². The van der Waals surface area contributed by atoms with Gasteiger partial charge in [0.15, 0.2) is 0 Å². The number of aryl methyl sites for hydroxylation is 2. The van der Waals surface area contributed by atoms with E-state index in [4.69, 9.17) is 4.74 Å². The highest BCUT2D eigenvalue weighted by Crippen LogP contribution is 2.23. The van der Waals surface area contributed by atoms with Crippen molar-refractivity contribution in [3.05, 3.63) is 46.8 Å². The van der Waals surface area contributed by atoms with Gasteiger partial charge in [-0.15, -0.1) is 0 Å². The molecule has 0 unspecified atom stereocenters. The van der Waals surface area contributed by atoms with Crippen molar-refractivity contribution in [2.75, 3.05) is 35.9 Å². The number of rotatable bonds is 5. The standard InChI is InChI=1S/C17H20F2N4O3S/c1-11-16(12(2)21-17(20-11)23-3-5-26-6-4-23)22-27(24,25)10-13-7-14(18)9-15(19)8-13/h7-9,22H,3-6,10H2,1-2H3. The lowest BCUT2D eigenvalue weighted by atomic mass is 10.2. The van der Waals surface area contributed by atoms with E-state index >= 15 is 0 Å². The van der Waals surface area contributed by atoms with Crippen molar-refractivity contribution in [3.63, 3.8) is 0 Å². The van der Waals surface area contributed by atoms with Crippen LogP contribution >= 0.6 is 0 Å². The summed E-state index contributed by atoms with van der Waals surface area (Å²) in [6.07, 6.45) is 0. The minimum Gasteiger partial charge on any atom is -0.378 e. The van der Waals surface area contributed by atoms with Crippen molar-refractivity contribution in [1.82, 2.24) is 9.97 Å². The minimum absolute atomic E-state index is 0.0150. The molecule has 1 N–H and O–H groups in total. The lowest BCUT2D eigenvalue weighted by Crippen LogP contribution is -2.37. The summed E-state index contributed by atoms with van der Waals surface area (Å²) in [5.41, 5.74) is 1.22. The monoisotopic (exact) mass is 398 g/mol. The molecule has 7 nitrogen and oxygen atoms in total. The topological polar surface area (TPSA) is 84.4 Å². The second-order valence-corrected chi connectivity index (χ2v) is 8.03. The summed E-state index contributed by atoms with van der Waals surface area (Å²) in [6, 6.07) is 2.66. The molecule has 0 atom stereocenters. The van der Waals surface area contributed by atoms with Crippen molar-refractivity contribution in [3.8, 4) is 0 Å². The molecule has 1 fully saturated rings. The van der Waals surface area contributed by atoms with Gasteiger partial charge in [-0.25, -0.2) is 27.2 Å². The molecule has 0 aliphatic carbocycles. The maximum atomic E-state index is 13.3. The number of nitrogens with one attached hydrogen (secondary N) is 1. The molecule has 27 heavy (non-hydrogen) atoms. The molecule has 2 aromatic rings. The van der Waals surface area contributed by atoms with Crippen LogP contribution in [0.15, 0.2) is 18.2 Å². The highest BCUT2D eigenvalue weighted by atomic mass is 32.2. The molecule has 146 valence electrons. The predicted molar refractivity (Wildman–Crippen MR) is 97.1 cm³/mol. The van der Waals surface area contributed by atoms with E-state index < -0.39 is 27.4 Å². The van der Waals surface area contributed by atoms with Gasteiger partial charge in [0.05, 0.1) is 36.0 Å². The fourth-order valence-corrected chi connectivity index (χ4v) is 4.14. The third kappa shape index (κ3) is 4.89. The first-order chi connectivity index (χ1) is 12.7. The van der Waals surface area contributed by atoms with E-state index in [-0.39, 0.29) is 11.3 Å². The Morgan fingerprint density at radius 2 is 1.63 bits per heavy atom. The Morgan fingerprint density at radius 3 is 2.19 bits per heavy atom. The number of anilines is 2. The van der Waals surface area contributed by atoms with Gasteiger partial charge in [-0.1, -0.05) is 0 Å². The lowest BCUT2D eigenvalue weighted by Gasteiger charge is -2.27. The normalized spacial score (nSPS) is 15.0. The highest BCUT2D eigenvalue weighted by Gasteiger charge is 2.20. The number of hydrogen-bond donors (Lipinski definition) is 1. The van der Waals surface area contributed by atoms with E-state index in [9.17, 15) is 17.2 Å². The first-order valence-electron chi connectivity index (χ1n) is 8.37. The van der Waals surface area contributed by atoms with Crippen LogP contribution in [0.2, 0.25) is 0 Å². The summed E-state index contributed by atoms with van der Waals surface area (Å²) < 4.78 is 59.2. The minimum atomic E-state index is -3.90. The Balaban J connectivity index is 1.81. The zero-order chi connectivity index (χ0) is 19.6. The second kappa shape index (κ2) is 7.73. The maximum absolute atomic E-state index is 13.3. The van der Waals surface area contributed by atoms with E-state index in [0.29, 0.717) is 49.7 Å². The number of hydrogen-bond acceptors (Lipinski definition) is 6. The molecule has 1 aliphatic heterocycles. The maximum Gasteiger partial charge on any atom is 0.237 e. The van der Waals surface area contributed by atoms with Gasteiger partial charge in [0.25, 0.3) is 0 Å². The van der Waals surface area contributed by atoms with Gasteiger partial charge in [-0.2, -0.15) is 0 Å². The lowest BCUT2D eigenvalue weighted by molar-refractivity contribution is 0.122. The van der Waals surface area contributed by atoms with Gasteiger partial charge in [-0.05, 0) is 31.5 Å². The highest BCUT2D eigenvalue weighted by molar-refractivity contribution is 7.91. The Labute approximate surface area is 156 Å². The van der Waals surface area contributed by atoms with Crippen molar-refractivity contribution in [2.45, 2.75) is 19.6 Å². The molecule has 0 saturated carbocycles. The smallest absolute Gasteiger partial charge is 0.237 e. The Bertz CT molecular complexity index is 904. The molecule has 0 bridgehead atoms. The first kappa shape index (κ1) is 19.4. The van der Waals surface area contributed by atoms with Gasteiger partial charge in [0.2, 0.25) is 16.0 Å². The van der Waals surface area contributed by atoms with Crippen molar-refractivity contribution in [2.24, 2.45) is 0 Å². The summed E-state index contributed by atoms with van der Waals surface area (Å²) in [7, 11) is -3.90. The van der Waals surface area contributed by atoms with Crippen LogP contribution in [-0.4, -0.2) is 44.7 Å². The van der Waals surface area contributed by atoms with Crippen LogP contribution < -0.4 is 9.62 Å². The average Bonchev–Trinajstić information content (AvgIpc) is 2.57. The average molecular weight is 398 g/mol. The van der Waals surface area contributed by atoms with E-state index in [1.54, 1.807) is 13.8 Å². The second-order valence-electron chi connectivity index (χ2n) is 6.31. The molecule has 0 amide bonds. The fourth-order valence-electron chi connectivity index (χ4n) is 2.86. The number of benzene rings is 1. The van der Waals surface area contributed by atoms with Crippen LogP contribution in [0.5, 0.6) is 0 Å². The summed E-state index contributed by atoms with van der Waals surface area (Å²) in [5.74, 6) is -1.70. The summed E-state index contributed by atoms with van der Waals surface area (Å²) in [6.45, 7) is 5.85. The Kier molecular flexibility index (Phi) is 5.56. The number of aromatic nitrogens is 2. The van der Waals surface area contributed by atoms with E-state index in [2.05, 4.69) is 14.7 Å². The summed E-state index contributed by atoms with van der Waals surface area (Å²) >= 11 is 0. The predicted octanol–water partition coefficient (Wildman–Crippen LogP) is 2.15. The van der Waals surface area contributed by atoms with Crippen molar-refractivity contribution >= 4 is 21.7 Å². The number of morpholine rings is 1. The molecule has 1 aromatic carbocycles. The van der Waals surface area contributed by atoms with Crippen LogP contribution in [0, 0.1) is 25.5 Å². The zero-order valence-corrected chi connectivity index (χ0v) is 15.8. The van der Waals surface area contributed by atoms with E-state index in [1.165, 1.54) is 0 Å². The number of sulfonamides is 1. The van der Waals surface area contributed by atoms with Gasteiger partial charge in [0, 0.05) is 19.2 Å². The van der Waals surface area contributed by atoms with Crippen LogP contribution in [0.25, 0.3) is 0 Å². The number of ether oxygens (including phenoxy) is 1. The Morgan fingerprint density at radius 1 is 1.07 bits per heavy atom. The largest absolute Gasteiger partial charge is 0.378 e. The fraction of sp³-hybridized carbons (Fsp3) is 0.412. The van der Waals surface area contributed by atoms with Crippen LogP contribution in [0.3, 0.4) is 0 Å². The molecular formula is C17H20F2N4O3S. The van der Waals surface area contributed by atoms with Gasteiger partial charge >= 0.3 is 0 Å². The molecule has 0 radical (unpaired) electrons. The molecule has 3 rings (SSSR count). The van der Waals surface area contributed by atoms with Crippen molar-refractivity contribution in [1.29, 1.82) is 0 Å². The molecule has 1 aliphatic rings. The van der Waals surface area contributed by atoms with Gasteiger partial charge in [0.1, 0.15) is 11.6 Å². The zero-order valence-electron chi connectivity index (χ0n) is 15.0. The summed E-state index contributed by atoms with van der Waals surface area (Å²) in [5, 5.41) is 0. The third-order valence-corrected chi connectivity index (χ3v) is 5.32. The van der Waals surface area contributed by atoms with Gasteiger partial charge < -0.3 is 9.64 Å². The molecule has 1 aromatic heterocycles. The molecule has 0 spiro atoms. The van der Waals surface area contributed by atoms with Crippen LogP contribution in [0.4, 0.5) is 20.4 Å². The number of nitrogens with zero attached hydrogens (tertiary/aromatic N) is 3. The quantitative estimate of drug-likeness (QED) is 0.831. The van der Waals surface area contributed by atoms with Gasteiger partial charge in [-0.3, -0.25) is 4.72 Å². The number of halogens is 2. The SMILES string of the molecule is Cc1nc(N2CCOCC2)nc(C)c1NS(=O)(=O)Cc1cc(F)cc(F)c1. The van der Waals surface area contributed by atoms with E-state index in [1.807, 2.05) is 4.90 Å². The molecule has 2 heterocycles. The Hall–Kier alpha value is -2.33. The molecular weight excluding hydrogens is 378 g/mol. The van der Waals surface area contributed by atoms with Crippen LogP contribution in [0.1, 0.15) is 17.0 Å². The summed E-state index contributed by atoms with van der Waals surface area (Å²) in [4.78, 5) is 10.7. The first-order valence-corrected chi connectivity index (χ1v) is 10.0. The van der Waals surface area contributed by atoms with Crippen LogP contribution in [-0.2, 0) is 20.5 Å². The third-order valence-electron chi connectivity index (χ3n) is 4.09. The van der Waals surface area contributed by atoms with E-state index in [0.717, 1.165) is 12.1 Å². The molecule has 10 heteroatoms. The molecule has 1 saturated heterocycles.